The van der Waals surface area contributed by atoms with Crippen LogP contribution in [0.25, 0.3) is 0 Å². The van der Waals surface area contributed by atoms with Crippen LogP contribution in [-0.4, -0.2) is 30.9 Å². The Hall–Kier alpha value is -2.37. The second kappa shape index (κ2) is 8.17. The molecule has 22 heavy (non-hydrogen) atoms. The predicted octanol–water partition coefficient (Wildman–Crippen LogP) is 1.96. The number of rotatable bonds is 6. The van der Waals surface area contributed by atoms with Gasteiger partial charge < -0.3 is 15.4 Å². The van der Waals surface area contributed by atoms with Crippen LogP contribution in [0.5, 0.6) is 0 Å². The lowest BCUT2D eigenvalue weighted by atomic mass is 9.98. The van der Waals surface area contributed by atoms with Crippen molar-refractivity contribution in [3.8, 4) is 0 Å². The van der Waals surface area contributed by atoms with E-state index >= 15 is 0 Å². The van der Waals surface area contributed by atoms with Crippen molar-refractivity contribution in [2.24, 2.45) is 5.92 Å². The fraction of sp³-hybridized carbons (Fsp3) is 0.438. The summed E-state index contributed by atoms with van der Waals surface area (Å²) in [5.74, 6) is -1.25. The molecule has 2 atom stereocenters. The van der Waals surface area contributed by atoms with Gasteiger partial charge in [0, 0.05) is 6.92 Å². The zero-order valence-corrected chi connectivity index (χ0v) is 13.3. The van der Waals surface area contributed by atoms with E-state index in [9.17, 15) is 14.4 Å². The van der Waals surface area contributed by atoms with E-state index in [4.69, 9.17) is 4.74 Å². The summed E-state index contributed by atoms with van der Waals surface area (Å²) < 4.78 is 4.74. The maximum Gasteiger partial charge on any atom is 0.328 e. The number of carbonyl (C=O) groups is 3. The van der Waals surface area contributed by atoms with Crippen molar-refractivity contribution in [2.75, 3.05) is 12.4 Å². The Kier molecular flexibility index (Phi) is 6.56. The molecule has 0 fully saturated rings. The van der Waals surface area contributed by atoms with E-state index in [1.54, 1.807) is 24.3 Å². The van der Waals surface area contributed by atoms with Gasteiger partial charge in [0.15, 0.2) is 0 Å². The second-order valence-electron chi connectivity index (χ2n) is 5.09. The minimum absolute atomic E-state index is 0.0654. The quantitative estimate of drug-likeness (QED) is 0.787. The van der Waals surface area contributed by atoms with Crippen LogP contribution in [0.15, 0.2) is 24.3 Å². The van der Waals surface area contributed by atoms with Gasteiger partial charge >= 0.3 is 5.97 Å². The van der Waals surface area contributed by atoms with Crippen molar-refractivity contribution in [2.45, 2.75) is 33.2 Å². The summed E-state index contributed by atoms with van der Waals surface area (Å²) in [7, 11) is 1.29. The van der Waals surface area contributed by atoms with Crippen molar-refractivity contribution in [1.29, 1.82) is 0 Å². The number of benzene rings is 1. The Morgan fingerprint density at radius 1 is 1.23 bits per heavy atom. The molecule has 1 rings (SSSR count). The van der Waals surface area contributed by atoms with Gasteiger partial charge in [-0.25, -0.2) is 4.79 Å². The van der Waals surface area contributed by atoms with Gasteiger partial charge in [0.1, 0.15) is 6.04 Å². The highest BCUT2D eigenvalue weighted by molar-refractivity contribution is 6.04. The normalized spacial score (nSPS) is 12.9. The Balaban J connectivity index is 3.00. The monoisotopic (exact) mass is 306 g/mol. The summed E-state index contributed by atoms with van der Waals surface area (Å²) in [5.41, 5.74) is 0.704. The number of methoxy groups -OCH3 is 1. The lowest BCUT2D eigenvalue weighted by Crippen LogP contribution is -2.45. The predicted molar refractivity (Wildman–Crippen MR) is 83.5 cm³/mol. The highest BCUT2D eigenvalue weighted by Crippen LogP contribution is 2.16. The van der Waals surface area contributed by atoms with Crippen molar-refractivity contribution in [1.82, 2.24) is 5.32 Å². The first-order chi connectivity index (χ1) is 10.4. The molecule has 0 aliphatic heterocycles. The number of hydrogen-bond acceptors (Lipinski definition) is 4. The van der Waals surface area contributed by atoms with Crippen molar-refractivity contribution in [3.63, 3.8) is 0 Å². The van der Waals surface area contributed by atoms with Crippen LogP contribution in [0, 0.1) is 5.92 Å². The molecule has 2 N–H and O–H groups in total. The fourth-order valence-corrected chi connectivity index (χ4v) is 1.99. The number of carbonyl (C=O) groups excluding carboxylic acids is 3. The number of anilines is 1. The Bertz CT molecular complexity index is 557. The summed E-state index contributed by atoms with van der Waals surface area (Å²) >= 11 is 0. The molecule has 0 spiro atoms. The third-order valence-corrected chi connectivity index (χ3v) is 3.44. The van der Waals surface area contributed by atoms with Crippen molar-refractivity contribution in [3.05, 3.63) is 29.8 Å². The van der Waals surface area contributed by atoms with Gasteiger partial charge in [-0.2, -0.15) is 0 Å². The standard InChI is InChI=1S/C16H22N2O4/c1-5-10(2)14(16(21)22-4)18-15(20)12-8-6-7-9-13(12)17-11(3)19/h6-10,14H,5H2,1-4H3,(H,17,19)(H,18,20)/t10-,14+/m0/s1. The lowest BCUT2D eigenvalue weighted by molar-refractivity contribution is -0.144. The molecule has 0 bridgehead atoms. The molecule has 1 aromatic carbocycles. The molecule has 0 aliphatic rings. The van der Waals surface area contributed by atoms with E-state index in [0.29, 0.717) is 17.7 Å². The van der Waals surface area contributed by atoms with Crippen LogP contribution < -0.4 is 10.6 Å². The molecule has 6 nitrogen and oxygen atoms in total. The van der Waals surface area contributed by atoms with Crippen LogP contribution in [-0.2, 0) is 14.3 Å². The van der Waals surface area contributed by atoms with Gasteiger partial charge in [-0.05, 0) is 18.1 Å². The Morgan fingerprint density at radius 2 is 1.86 bits per heavy atom. The summed E-state index contributed by atoms with van der Waals surface area (Å²) in [5, 5.41) is 5.28. The topological polar surface area (TPSA) is 84.5 Å². The first-order valence-electron chi connectivity index (χ1n) is 7.16. The van der Waals surface area contributed by atoms with E-state index in [-0.39, 0.29) is 11.8 Å². The molecule has 0 radical (unpaired) electrons. The van der Waals surface area contributed by atoms with E-state index in [1.807, 2.05) is 13.8 Å². The van der Waals surface area contributed by atoms with Gasteiger partial charge in [0.25, 0.3) is 5.91 Å². The number of amides is 2. The molecule has 0 saturated heterocycles. The summed E-state index contributed by atoms with van der Waals surface area (Å²) in [6.45, 7) is 5.16. The molecule has 2 amide bonds. The molecule has 1 aromatic rings. The maximum atomic E-state index is 12.4. The molecule has 6 heteroatoms. The number of esters is 1. The van der Waals surface area contributed by atoms with E-state index in [1.165, 1.54) is 14.0 Å². The lowest BCUT2D eigenvalue weighted by Gasteiger charge is -2.22. The van der Waals surface area contributed by atoms with E-state index < -0.39 is 17.9 Å². The summed E-state index contributed by atoms with van der Waals surface area (Å²) in [4.78, 5) is 35.5. The van der Waals surface area contributed by atoms with Gasteiger partial charge in [-0.1, -0.05) is 32.4 Å². The third kappa shape index (κ3) is 4.58. The van der Waals surface area contributed by atoms with Crippen LogP contribution in [0.3, 0.4) is 0 Å². The molecule has 0 aliphatic carbocycles. The first kappa shape index (κ1) is 17.7. The van der Waals surface area contributed by atoms with Crippen LogP contribution in [0.1, 0.15) is 37.6 Å². The van der Waals surface area contributed by atoms with Gasteiger partial charge in [0.2, 0.25) is 5.91 Å². The minimum atomic E-state index is -0.729. The maximum absolute atomic E-state index is 12.4. The molecule has 0 heterocycles. The van der Waals surface area contributed by atoms with Crippen molar-refractivity contribution >= 4 is 23.5 Å². The van der Waals surface area contributed by atoms with E-state index in [2.05, 4.69) is 10.6 Å². The van der Waals surface area contributed by atoms with Crippen LogP contribution in [0.2, 0.25) is 0 Å². The number of ether oxygens (including phenoxy) is 1. The molecular weight excluding hydrogens is 284 g/mol. The largest absolute Gasteiger partial charge is 0.467 e. The SMILES string of the molecule is CC[C@H](C)[C@@H](NC(=O)c1ccccc1NC(C)=O)C(=O)OC. The molecule has 120 valence electrons. The van der Waals surface area contributed by atoms with Gasteiger partial charge in [-0.15, -0.1) is 0 Å². The zero-order chi connectivity index (χ0) is 16.7. The van der Waals surface area contributed by atoms with Crippen LogP contribution in [0.4, 0.5) is 5.69 Å². The van der Waals surface area contributed by atoms with Crippen LogP contribution >= 0.6 is 0 Å². The summed E-state index contributed by atoms with van der Waals surface area (Å²) in [6, 6.07) is 5.90. The van der Waals surface area contributed by atoms with E-state index in [0.717, 1.165) is 0 Å². The molecular formula is C16H22N2O4. The minimum Gasteiger partial charge on any atom is -0.467 e. The Labute approximate surface area is 130 Å². The second-order valence-corrected chi connectivity index (χ2v) is 5.09. The number of para-hydroxylation sites is 1. The average Bonchev–Trinajstić information content (AvgIpc) is 2.50. The highest BCUT2D eigenvalue weighted by atomic mass is 16.5. The van der Waals surface area contributed by atoms with Crippen molar-refractivity contribution < 1.29 is 19.1 Å². The first-order valence-corrected chi connectivity index (χ1v) is 7.16. The highest BCUT2D eigenvalue weighted by Gasteiger charge is 2.27. The molecule has 0 unspecified atom stereocenters. The number of nitrogens with one attached hydrogen (secondary N) is 2. The van der Waals surface area contributed by atoms with Gasteiger partial charge in [-0.3, -0.25) is 9.59 Å². The molecule has 0 saturated carbocycles. The third-order valence-electron chi connectivity index (χ3n) is 3.44. The molecule has 0 aromatic heterocycles. The smallest absolute Gasteiger partial charge is 0.328 e. The Morgan fingerprint density at radius 3 is 2.41 bits per heavy atom. The fourth-order valence-electron chi connectivity index (χ4n) is 1.99. The zero-order valence-electron chi connectivity index (χ0n) is 13.3. The average molecular weight is 306 g/mol. The number of hydrogen-bond donors (Lipinski definition) is 2. The summed E-state index contributed by atoms with van der Waals surface area (Å²) in [6.07, 6.45) is 0.716. The van der Waals surface area contributed by atoms with Gasteiger partial charge in [0.05, 0.1) is 18.4 Å².